The average Bonchev–Trinajstić information content (AvgIpc) is 3.15. The second-order valence-corrected chi connectivity index (χ2v) is 7.93. The van der Waals surface area contributed by atoms with Crippen LogP contribution < -0.4 is 0 Å². The highest BCUT2D eigenvalue weighted by molar-refractivity contribution is 5.94. The molecule has 0 aromatic heterocycles. The number of benzene rings is 3. The van der Waals surface area contributed by atoms with E-state index in [0.717, 1.165) is 16.7 Å². The normalized spacial score (nSPS) is 16.4. The number of ether oxygens (including phenoxy) is 1. The highest BCUT2D eigenvalue weighted by Crippen LogP contribution is 2.36. The van der Waals surface area contributed by atoms with Crippen LogP contribution in [0, 0.1) is 0 Å². The molecule has 3 aromatic rings. The summed E-state index contributed by atoms with van der Waals surface area (Å²) in [5.74, 6) is -0.214. The minimum atomic E-state index is -0.556. The van der Waals surface area contributed by atoms with Crippen LogP contribution in [0.2, 0.25) is 0 Å². The van der Waals surface area contributed by atoms with Crippen LogP contribution in [0.1, 0.15) is 30.0 Å². The fourth-order valence-corrected chi connectivity index (χ4v) is 4.17. The molecule has 1 fully saturated rings. The van der Waals surface area contributed by atoms with Crippen molar-refractivity contribution in [3.8, 4) is 0 Å². The van der Waals surface area contributed by atoms with Crippen molar-refractivity contribution in [2.75, 3.05) is 6.61 Å². The van der Waals surface area contributed by atoms with Crippen LogP contribution >= 0.6 is 0 Å². The highest BCUT2D eigenvalue weighted by atomic mass is 16.6. The molecule has 0 unspecified atom stereocenters. The summed E-state index contributed by atoms with van der Waals surface area (Å²) in [6, 6.07) is 29.5. The lowest BCUT2D eigenvalue weighted by Gasteiger charge is -2.32. The molecule has 4 nitrogen and oxygen atoms in total. The fraction of sp³-hybridized carbons (Fsp3) is 0.231. The van der Waals surface area contributed by atoms with E-state index in [-0.39, 0.29) is 25.0 Å². The van der Waals surface area contributed by atoms with Gasteiger partial charge in [0.25, 0.3) is 0 Å². The Bertz CT molecular complexity index is 963. The van der Waals surface area contributed by atoms with E-state index in [0.29, 0.717) is 6.42 Å². The predicted molar refractivity (Wildman–Crippen MR) is 116 cm³/mol. The number of hydrogen-bond acceptors (Lipinski definition) is 3. The number of cyclic esters (lactones) is 1. The summed E-state index contributed by atoms with van der Waals surface area (Å²) >= 11 is 0. The van der Waals surface area contributed by atoms with Crippen molar-refractivity contribution in [2.45, 2.75) is 31.2 Å². The van der Waals surface area contributed by atoms with Gasteiger partial charge in [0.1, 0.15) is 6.61 Å². The van der Waals surface area contributed by atoms with Crippen LogP contribution in [0.3, 0.4) is 0 Å². The molecule has 0 spiro atoms. The number of imide groups is 1. The summed E-state index contributed by atoms with van der Waals surface area (Å²) in [7, 11) is 0. The highest BCUT2D eigenvalue weighted by Gasteiger charge is 2.41. The molecule has 30 heavy (non-hydrogen) atoms. The van der Waals surface area contributed by atoms with E-state index in [1.807, 2.05) is 91.0 Å². The van der Waals surface area contributed by atoms with Crippen molar-refractivity contribution in [1.29, 1.82) is 0 Å². The molecule has 0 aliphatic carbocycles. The third-order valence-electron chi connectivity index (χ3n) is 5.87. The zero-order chi connectivity index (χ0) is 21.0. The number of amides is 2. The first-order valence-electron chi connectivity index (χ1n) is 10.2. The summed E-state index contributed by atoms with van der Waals surface area (Å²) in [6.45, 7) is 2.29. The van der Waals surface area contributed by atoms with Gasteiger partial charge in [0, 0.05) is 11.8 Å². The third kappa shape index (κ3) is 3.99. The maximum absolute atomic E-state index is 13.4. The van der Waals surface area contributed by atoms with Crippen LogP contribution in [0.4, 0.5) is 4.79 Å². The van der Waals surface area contributed by atoms with Crippen LogP contribution in [0.5, 0.6) is 0 Å². The molecule has 4 rings (SSSR count). The number of rotatable bonds is 6. The summed E-state index contributed by atoms with van der Waals surface area (Å²) in [6.07, 6.45) is 0.219. The lowest BCUT2D eigenvalue weighted by atomic mass is 9.73. The van der Waals surface area contributed by atoms with Crippen molar-refractivity contribution in [2.24, 2.45) is 0 Å². The summed E-state index contributed by atoms with van der Waals surface area (Å²) in [5.41, 5.74) is 2.60. The first kappa shape index (κ1) is 19.9. The molecule has 2 amide bonds. The molecule has 152 valence electrons. The van der Waals surface area contributed by atoms with Crippen molar-refractivity contribution in [3.63, 3.8) is 0 Å². The maximum Gasteiger partial charge on any atom is 0.416 e. The molecule has 0 saturated carbocycles. The second-order valence-electron chi connectivity index (χ2n) is 7.93. The quantitative estimate of drug-likeness (QED) is 0.588. The number of carbonyl (C=O) groups excluding carboxylic acids is 2. The molecule has 1 saturated heterocycles. The SMILES string of the molecule is CC(CC(=O)N1C(=O)OC[C@@H]1Cc1ccccc1)(c1ccccc1)c1ccccc1. The molecule has 1 heterocycles. The van der Waals surface area contributed by atoms with Gasteiger partial charge in [0.2, 0.25) is 5.91 Å². The van der Waals surface area contributed by atoms with Gasteiger partial charge in [0.15, 0.2) is 0 Å². The Morgan fingerprint density at radius 1 is 0.900 bits per heavy atom. The summed E-state index contributed by atoms with van der Waals surface area (Å²) in [5, 5.41) is 0. The van der Waals surface area contributed by atoms with Gasteiger partial charge in [-0.25, -0.2) is 9.69 Å². The van der Waals surface area contributed by atoms with Crippen LogP contribution in [-0.2, 0) is 21.4 Å². The Balaban J connectivity index is 1.62. The van der Waals surface area contributed by atoms with Crippen LogP contribution in [0.25, 0.3) is 0 Å². The van der Waals surface area contributed by atoms with Gasteiger partial charge >= 0.3 is 6.09 Å². The molecule has 4 heteroatoms. The largest absolute Gasteiger partial charge is 0.447 e. The van der Waals surface area contributed by atoms with Gasteiger partial charge in [-0.3, -0.25) is 4.79 Å². The van der Waals surface area contributed by atoms with Crippen molar-refractivity contribution < 1.29 is 14.3 Å². The van der Waals surface area contributed by atoms with Crippen molar-refractivity contribution >= 4 is 12.0 Å². The van der Waals surface area contributed by atoms with Crippen LogP contribution in [0.15, 0.2) is 91.0 Å². The molecule has 0 radical (unpaired) electrons. The van der Waals surface area contributed by atoms with E-state index >= 15 is 0 Å². The molecule has 1 aliphatic heterocycles. The van der Waals surface area contributed by atoms with Gasteiger partial charge in [-0.1, -0.05) is 97.9 Å². The number of nitrogens with zero attached hydrogens (tertiary/aromatic N) is 1. The van der Waals surface area contributed by atoms with E-state index in [4.69, 9.17) is 4.74 Å². The minimum Gasteiger partial charge on any atom is -0.447 e. The zero-order valence-corrected chi connectivity index (χ0v) is 17.0. The zero-order valence-electron chi connectivity index (χ0n) is 17.0. The number of carbonyl (C=O) groups is 2. The molecule has 3 aromatic carbocycles. The van der Waals surface area contributed by atoms with E-state index in [2.05, 4.69) is 6.92 Å². The molecule has 1 atom stereocenters. The third-order valence-corrected chi connectivity index (χ3v) is 5.87. The van der Waals surface area contributed by atoms with Crippen molar-refractivity contribution in [1.82, 2.24) is 4.90 Å². The van der Waals surface area contributed by atoms with Crippen LogP contribution in [-0.4, -0.2) is 29.5 Å². The lowest BCUT2D eigenvalue weighted by Crippen LogP contribution is -2.43. The van der Waals surface area contributed by atoms with E-state index in [1.165, 1.54) is 4.90 Å². The standard InChI is InChI=1S/C26H25NO3/c1-26(21-13-7-3-8-14-21,22-15-9-4-10-16-22)18-24(28)27-23(19-30-25(27)29)17-20-11-5-2-6-12-20/h2-16,23H,17-19H2,1H3/t23-/m0/s1. The Morgan fingerprint density at radius 3 is 1.93 bits per heavy atom. The second kappa shape index (κ2) is 8.54. The smallest absolute Gasteiger partial charge is 0.416 e. The van der Waals surface area contributed by atoms with Gasteiger partial charge < -0.3 is 4.74 Å². The fourth-order valence-electron chi connectivity index (χ4n) is 4.17. The first-order chi connectivity index (χ1) is 14.6. The monoisotopic (exact) mass is 399 g/mol. The van der Waals surface area contributed by atoms with Gasteiger partial charge in [-0.05, 0) is 23.1 Å². The van der Waals surface area contributed by atoms with E-state index < -0.39 is 11.5 Å². The predicted octanol–water partition coefficient (Wildman–Crippen LogP) is 4.97. The summed E-state index contributed by atoms with van der Waals surface area (Å²) in [4.78, 5) is 27.2. The van der Waals surface area contributed by atoms with Crippen molar-refractivity contribution in [3.05, 3.63) is 108 Å². The minimum absolute atomic E-state index is 0.182. The molecule has 0 N–H and O–H groups in total. The molecular formula is C26H25NO3. The maximum atomic E-state index is 13.4. The Morgan fingerprint density at radius 2 is 1.40 bits per heavy atom. The van der Waals surface area contributed by atoms with E-state index in [1.54, 1.807) is 0 Å². The van der Waals surface area contributed by atoms with Gasteiger partial charge in [0.05, 0.1) is 6.04 Å². The van der Waals surface area contributed by atoms with E-state index in [9.17, 15) is 9.59 Å². The topological polar surface area (TPSA) is 46.6 Å². The molecule has 1 aliphatic rings. The molecule has 0 bridgehead atoms. The van der Waals surface area contributed by atoms with Gasteiger partial charge in [-0.15, -0.1) is 0 Å². The Hall–Kier alpha value is -3.40. The first-order valence-corrected chi connectivity index (χ1v) is 10.2. The Kier molecular flexibility index (Phi) is 5.66. The molecular weight excluding hydrogens is 374 g/mol. The average molecular weight is 399 g/mol. The summed E-state index contributed by atoms with van der Waals surface area (Å²) < 4.78 is 5.26. The Labute approximate surface area is 177 Å². The lowest BCUT2D eigenvalue weighted by molar-refractivity contribution is -0.130. The van der Waals surface area contributed by atoms with Gasteiger partial charge in [-0.2, -0.15) is 0 Å². The number of hydrogen-bond donors (Lipinski definition) is 0.